The van der Waals surface area contributed by atoms with Crippen molar-refractivity contribution in [2.45, 2.75) is 37.6 Å². The lowest BCUT2D eigenvalue weighted by Gasteiger charge is -2.41. The summed E-state index contributed by atoms with van der Waals surface area (Å²) in [6.07, 6.45) is 11.5. The zero-order valence-electron chi connectivity index (χ0n) is 17.6. The highest BCUT2D eigenvalue weighted by molar-refractivity contribution is 5.94. The lowest BCUT2D eigenvalue weighted by Crippen LogP contribution is -2.56. The first-order chi connectivity index (χ1) is 15.0. The van der Waals surface area contributed by atoms with Crippen molar-refractivity contribution in [1.82, 2.24) is 20.1 Å². The van der Waals surface area contributed by atoms with Gasteiger partial charge in [0.05, 0.1) is 30.0 Å². The van der Waals surface area contributed by atoms with Gasteiger partial charge in [-0.2, -0.15) is 15.0 Å². The SMILES string of the molecule is COCC1(NC(=O)c2ccc(-n3ncc(C4C=CC(C#N)=CC4C)c3O)nc2)CCC1. The van der Waals surface area contributed by atoms with E-state index >= 15 is 0 Å². The molecule has 2 unspecified atom stereocenters. The average Bonchev–Trinajstić information content (AvgIpc) is 3.13. The predicted molar refractivity (Wildman–Crippen MR) is 114 cm³/mol. The Bertz CT molecular complexity index is 1070. The molecule has 0 aliphatic heterocycles. The molecule has 0 saturated heterocycles. The molecule has 160 valence electrons. The molecule has 1 amide bonds. The van der Waals surface area contributed by atoms with Gasteiger partial charge >= 0.3 is 0 Å². The lowest BCUT2D eigenvalue weighted by atomic mass is 9.77. The average molecular weight is 419 g/mol. The molecule has 2 heterocycles. The monoisotopic (exact) mass is 419 g/mol. The molecule has 2 aromatic rings. The first kappa shape index (κ1) is 20.8. The Morgan fingerprint density at radius 1 is 1.42 bits per heavy atom. The van der Waals surface area contributed by atoms with E-state index in [0.717, 1.165) is 19.3 Å². The van der Waals surface area contributed by atoms with Crippen molar-refractivity contribution in [3.8, 4) is 17.8 Å². The molecule has 0 aromatic carbocycles. The molecule has 31 heavy (non-hydrogen) atoms. The van der Waals surface area contributed by atoms with E-state index in [1.165, 1.54) is 10.9 Å². The van der Waals surface area contributed by atoms with Crippen LogP contribution < -0.4 is 5.32 Å². The van der Waals surface area contributed by atoms with Crippen LogP contribution in [-0.4, -0.2) is 45.0 Å². The summed E-state index contributed by atoms with van der Waals surface area (Å²) < 4.78 is 6.60. The second-order valence-electron chi connectivity index (χ2n) is 8.24. The van der Waals surface area contributed by atoms with Gasteiger partial charge in [0.15, 0.2) is 5.82 Å². The van der Waals surface area contributed by atoms with Crippen molar-refractivity contribution in [1.29, 1.82) is 5.26 Å². The number of hydrogen-bond acceptors (Lipinski definition) is 6. The van der Waals surface area contributed by atoms with Crippen LogP contribution in [0, 0.1) is 17.2 Å². The highest BCUT2D eigenvalue weighted by atomic mass is 16.5. The summed E-state index contributed by atoms with van der Waals surface area (Å²) in [7, 11) is 1.63. The molecule has 2 N–H and O–H groups in total. The number of nitrogens with zero attached hydrogens (tertiary/aromatic N) is 4. The summed E-state index contributed by atoms with van der Waals surface area (Å²) >= 11 is 0. The largest absolute Gasteiger partial charge is 0.493 e. The van der Waals surface area contributed by atoms with Crippen LogP contribution >= 0.6 is 0 Å². The summed E-state index contributed by atoms with van der Waals surface area (Å²) in [5.74, 6) is 0.177. The van der Waals surface area contributed by atoms with Crippen LogP contribution in [0.3, 0.4) is 0 Å². The highest BCUT2D eigenvalue weighted by Gasteiger charge is 2.38. The molecule has 8 nitrogen and oxygen atoms in total. The number of nitriles is 1. The molecular formula is C23H25N5O3. The maximum Gasteiger partial charge on any atom is 0.253 e. The van der Waals surface area contributed by atoms with Crippen molar-refractivity contribution < 1.29 is 14.6 Å². The van der Waals surface area contributed by atoms with Gasteiger partial charge < -0.3 is 15.2 Å². The summed E-state index contributed by atoms with van der Waals surface area (Å²) in [6, 6.07) is 5.46. The van der Waals surface area contributed by atoms with E-state index in [4.69, 9.17) is 10.00 Å². The molecule has 8 heteroatoms. The van der Waals surface area contributed by atoms with Gasteiger partial charge in [-0.15, -0.1) is 0 Å². The number of aromatic nitrogens is 3. The van der Waals surface area contributed by atoms with Crippen molar-refractivity contribution in [3.63, 3.8) is 0 Å². The Kier molecular flexibility index (Phi) is 5.61. The van der Waals surface area contributed by atoms with Gasteiger partial charge in [-0.3, -0.25) is 4.79 Å². The minimum atomic E-state index is -0.288. The zero-order valence-corrected chi connectivity index (χ0v) is 17.6. The fourth-order valence-corrected chi connectivity index (χ4v) is 4.19. The minimum Gasteiger partial charge on any atom is -0.493 e. The number of allylic oxidation sites excluding steroid dienone is 4. The molecule has 2 aromatic heterocycles. The number of pyridine rings is 1. The lowest BCUT2D eigenvalue weighted by molar-refractivity contribution is 0.0476. The van der Waals surface area contributed by atoms with Crippen molar-refractivity contribution in [2.24, 2.45) is 5.92 Å². The van der Waals surface area contributed by atoms with Crippen LogP contribution in [0.2, 0.25) is 0 Å². The van der Waals surface area contributed by atoms with E-state index in [-0.39, 0.29) is 29.2 Å². The van der Waals surface area contributed by atoms with Crippen molar-refractivity contribution in [2.75, 3.05) is 13.7 Å². The number of methoxy groups -OCH3 is 1. The highest BCUT2D eigenvalue weighted by Crippen LogP contribution is 2.37. The minimum absolute atomic E-state index is 0.00600. The number of carbonyl (C=O) groups excluding carboxylic acids is 1. The zero-order chi connectivity index (χ0) is 22.0. The van der Waals surface area contributed by atoms with Gasteiger partial charge in [0.25, 0.3) is 5.91 Å². The number of hydrogen-bond donors (Lipinski definition) is 2. The van der Waals surface area contributed by atoms with Gasteiger partial charge in [-0.25, -0.2) is 4.98 Å². The summed E-state index contributed by atoms with van der Waals surface area (Å²) in [5, 5.41) is 27.2. The molecule has 1 saturated carbocycles. The van der Waals surface area contributed by atoms with Crippen LogP contribution in [0.15, 0.2) is 48.3 Å². The molecule has 0 spiro atoms. The third-order valence-corrected chi connectivity index (χ3v) is 6.09. The summed E-state index contributed by atoms with van der Waals surface area (Å²) in [4.78, 5) is 17.0. The van der Waals surface area contributed by atoms with Crippen LogP contribution in [0.1, 0.15) is 48.0 Å². The second-order valence-corrected chi connectivity index (χ2v) is 8.24. The molecule has 4 rings (SSSR count). The van der Waals surface area contributed by atoms with Crippen molar-refractivity contribution >= 4 is 5.91 Å². The first-order valence-electron chi connectivity index (χ1n) is 10.3. The number of aromatic hydroxyl groups is 1. The Hall–Kier alpha value is -3.44. The Morgan fingerprint density at radius 2 is 2.23 bits per heavy atom. The maximum absolute atomic E-state index is 12.6. The number of rotatable bonds is 6. The standard InChI is InChI=1S/C23H25N5O3/c1-15-10-16(11-24)4-6-18(15)19-13-26-28(22(19)30)20-7-5-17(12-25-20)21(29)27-23(14-31-2)8-3-9-23/h4-7,10,12-13,15,18,30H,3,8-9,14H2,1-2H3,(H,27,29). The Balaban J connectivity index is 1.50. The molecular weight excluding hydrogens is 394 g/mol. The third-order valence-electron chi connectivity index (χ3n) is 6.09. The quantitative estimate of drug-likeness (QED) is 0.744. The molecule has 1 fully saturated rings. The van der Waals surface area contributed by atoms with E-state index in [9.17, 15) is 9.90 Å². The topological polar surface area (TPSA) is 113 Å². The van der Waals surface area contributed by atoms with Gasteiger partial charge in [0, 0.05) is 30.4 Å². The fraction of sp³-hybridized carbons (Fsp3) is 0.391. The smallest absolute Gasteiger partial charge is 0.253 e. The van der Waals surface area contributed by atoms with E-state index < -0.39 is 0 Å². The van der Waals surface area contributed by atoms with Gasteiger partial charge in [0.1, 0.15) is 0 Å². The van der Waals surface area contributed by atoms with Crippen molar-refractivity contribution in [3.05, 3.63) is 59.5 Å². The fourth-order valence-electron chi connectivity index (χ4n) is 4.19. The summed E-state index contributed by atoms with van der Waals surface area (Å²) in [5.41, 5.74) is 1.42. The number of carbonyl (C=O) groups is 1. The summed E-state index contributed by atoms with van der Waals surface area (Å²) in [6.45, 7) is 2.49. The number of nitrogens with one attached hydrogen (secondary N) is 1. The van der Waals surface area contributed by atoms with Gasteiger partial charge in [0.2, 0.25) is 5.88 Å². The van der Waals surface area contributed by atoms with E-state index in [2.05, 4.69) is 21.5 Å². The van der Waals surface area contributed by atoms with Gasteiger partial charge in [-0.1, -0.05) is 19.1 Å². The second kappa shape index (κ2) is 8.36. The molecule has 0 bridgehead atoms. The molecule has 2 aliphatic carbocycles. The van der Waals surface area contributed by atoms with Crippen LogP contribution in [-0.2, 0) is 4.74 Å². The third kappa shape index (κ3) is 3.97. The van der Waals surface area contributed by atoms with Gasteiger partial charge in [-0.05, 0) is 43.4 Å². The van der Waals surface area contributed by atoms with Crippen LogP contribution in [0.25, 0.3) is 5.82 Å². The van der Waals surface area contributed by atoms with Crippen LogP contribution in [0.4, 0.5) is 0 Å². The number of amides is 1. The van der Waals surface area contributed by atoms with E-state index in [0.29, 0.717) is 29.1 Å². The normalized spacial score (nSPS) is 21.6. The van der Waals surface area contributed by atoms with E-state index in [1.807, 2.05) is 19.1 Å². The maximum atomic E-state index is 12.6. The molecule has 2 aliphatic rings. The predicted octanol–water partition coefficient (Wildman–Crippen LogP) is 3.01. The first-order valence-corrected chi connectivity index (χ1v) is 10.3. The van der Waals surface area contributed by atoms with Crippen LogP contribution in [0.5, 0.6) is 5.88 Å². The molecule has 2 atom stereocenters. The number of ether oxygens (including phenoxy) is 1. The van der Waals surface area contributed by atoms with E-state index in [1.54, 1.807) is 31.5 Å². The Labute approximate surface area is 180 Å². The Morgan fingerprint density at radius 3 is 2.81 bits per heavy atom. The molecule has 0 radical (unpaired) electrons.